The fraction of sp³-hybridized carbons (Fsp3) is 0.438. The average Bonchev–Trinajstić information content (AvgIpc) is 2.51. The Bertz CT molecular complexity index is 543. The number of rotatable bonds is 8. The Morgan fingerprint density at radius 3 is 2.59 bits per heavy atom. The lowest BCUT2D eigenvalue weighted by Crippen LogP contribution is -2.36. The maximum atomic E-state index is 12.1. The van der Waals surface area contributed by atoms with Crippen LogP contribution in [0, 0.1) is 0 Å². The zero-order valence-electron chi connectivity index (χ0n) is 13.0. The number of carboxylic acid groups (broad SMARTS) is 1. The van der Waals surface area contributed by atoms with Gasteiger partial charge in [-0.2, -0.15) is 0 Å². The molecule has 0 aliphatic heterocycles. The molecule has 0 radical (unpaired) electrons. The summed E-state index contributed by atoms with van der Waals surface area (Å²) < 4.78 is 0. The number of carbonyl (C=O) groups is 3. The van der Waals surface area contributed by atoms with Crippen molar-refractivity contribution in [1.82, 2.24) is 10.2 Å². The topological polar surface area (TPSA) is 86.7 Å². The molecule has 0 bridgehead atoms. The van der Waals surface area contributed by atoms with E-state index < -0.39 is 5.97 Å². The van der Waals surface area contributed by atoms with Gasteiger partial charge in [-0.3, -0.25) is 14.4 Å². The third-order valence-electron chi connectivity index (χ3n) is 3.22. The summed E-state index contributed by atoms with van der Waals surface area (Å²) in [5.74, 6) is -1.37. The maximum absolute atomic E-state index is 12.1. The first kappa shape index (κ1) is 17.7. The van der Waals surface area contributed by atoms with Crippen LogP contribution in [0.5, 0.6) is 0 Å². The minimum atomic E-state index is -1.01. The van der Waals surface area contributed by atoms with Crippen LogP contribution in [0.25, 0.3) is 0 Å². The van der Waals surface area contributed by atoms with Gasteiger partial charge in [-0.25, -0.2) is 0 Å². The van der Waals surface area contributed by atoms with Crippen molar-refractivity contribution in [2.75, 3.05) is 20.1 Å². The van der Waals surface area contributed by atoms with Crippen LogP contribution >= 0.6 is 0 Å². The van der Waals surface area contributed by atoms with Crippen molar-refractivity contribution in [3.63, 3.8) is 0 Å². The first-order chi connectivity index (χ1) is 10.5. The molecule has 0 unspecified atom stereocenters. The van der Waals surface area contributed by atoms with Crippen molar-refractivity contribution in [3.05, 3.63) is 35.4 Å². The van der Waals surface area contributed by atoms with E-state index in [0.29, 0.717) is 24.9 Å². The van der Waals surface area contributed by atoms with E-state index in [2.05, 4.69) is 5.32 Å². The summed E-state index contributed by atoms with van der Waals surface area (Å²) in [7, 11) is 1.56. The molecule has 0 heterocycles. The van der Waals surface area contributed by atoms with Crippen molar-refractivity contribution in [3.8, 4) is 0 Å². The summed E-state index contributed by atoms with van der Waals surface area (Å²) in [6, 6.07) is 7.07. The normalized spacial score (nSPS) is 10.1. The van der Waals surface area contributed by atoms with Gasteiger partial charge in [-0.05, 0) is 30.5 Å². The van der Waals surface area contributed by atoms with Crippen LogP contribution in [0.1, 0.15) is 35.7 Å². The third kappa shape index (κ3) is 5.55. The molecular weight excluding hydrogens is 284 g/mol. The minimum Gasteiger partial charge on any atom is -0.480 e. The molecule has 2 N–H and O–H groups in total. The monoisotopic (exact) mass is 306 g/mol. The van der Waals surface area contributed by atoms with Crippen LogP contribution in [0.15, 0.2) is 24.3 Å². The van der Waals surface area contributed by atoms with Crippen molar-refractivity contribution < 1.29 is 19.5 Å². The molecule has 22 heavy (non-hydrogen) atoms. The number of carbonyl (C=O) groups excluding carboxylic acids is 2. The van der Waals surface area contributed by atoms with E-state index in [0.717, 1.165) is 5.56 Å². The van der Waals surface area contributed by atoms with Crippen molar-refractivity contribution >= 4 is 17.8 Å². The molecule has 0 aromatic heterocycles. The van der Waals surface area contributed by atoms with Crippen LogP contribution < -0.4 is 5.32 Å². The molecule has 0 saturated carbocycles. The van der Waals surface area contributed by atoms with Gasteiger partial charge in [-0.1, -0.05) is 19.1 Å². The Hall–Kier alpha value is -2.37. The van der Waals surface area contributed by atoms with Crippen LogP contribution in [0.3, 0.4) is 0 Å². The SMILES string of the molecule is CCCN(CC(=O)O)C(=O)CCc1cccc(C(=O)NC)c1. The van der Waals surface area contributed by atoms with Gasteiger partial charge in [0.25, 0.3) is 5.91 Å². The summed E-state index contributed by atoms with van der Waals surface area (Å²) in [5, 5.41) is 11.4. The van der Waals surface area contributed by atoms with Crippen LogP contribution in [-0.2, 0) is 16.0 Å². The molecule has 6 heteroatoms. The van der Waals surface area contributed by atoms with Gasteiger partial charge in [0.15, 0.2) is 0 Å². The Balaban J connectivity index is 2.65. The molecule has 1 aromatic carbocycles. The van der Waals surface area contributed by atoms with Gasteiger partial charge in [-0.15, -0.1) is 0 Å². The molecule has 0 aliphatic carbocycles. The molecule has 120 valence electrons. The molecule has 1 aromatic rings. The zero-order valence-corrected chi connectivity index (χ0v) is 13.0. The predicted molar refractivity (Wildman–Crippen MR) is 82.7 cm³/mol. The fourth-order valence-electron chi connectivity index (χ4n) is 2.15. The summed E-state index contributed by atoms with van der Waals surface area (Å²) in [6.07, 6.45) is 1.42. The molecule has 1 rings (SSSR count). The molecular formula is C16H22N2O4. The second-order valence-corrected chi connectivity index (χ2v) is 4.99. The van der Waals surface area contributed by atoms with Gasteiger partial charge in [0.1, 0.15) is 6.54 Å². The van der Waals surface area contributed by atoms with E-state index >= 15 is 0 Å². The number of hydrogen-bond donors (Lipinski definition) is 2. The minimum absolute atomic E-state index is 0.174. The summed E-state index contributed by atoms with van der Waals surface area (Å²) in [4.78, 5) is 35.8. The van der Waals surface area contributed by atoms with E-state index in [1.54, 1.807) is 25.2 Å². The summed E-state index contributed by atoms with van der Waals surface area (Å²) in [6.45, 7) is 2.06. The largest absolute Gasteiger partial charge is 0.480 e. The highest BCUT2D eigenvalue weighted by Crippen LogP contribution is 2.09. The number of carboxylic acids is 1. The third-order valence-corrected chi connectivity index (χ3v) is 3.22. The first-order valence-electron chi connectivity index (χ1n) is 7.28. The Labute approximate surface area is 130 Å². The number of nitrogens with zero attached hydrogens (tertiary/aromatic N) is 1. The van der Waals surface area contributed by atoms with Crippen molar-refractivity contribution in [2.24, 2.45) is 0 Å². The van der Waals surface area contributed by atoms with Crippen LogP contribution in [0.4, 0.5) is 0 Å². The molecule has 0 spiro atoms. The quantitative estimate of drug-likeness (QED) is 0.758. The first-order valence-corrected chi connectivity index (χ1v) is 7.28. The van der Waals surface area contributed by atoms with Gasteiger partial charge < -0.3 is 15.3 Å². The molecule has 2 amide bonds. The number of amides is 2. The van der Waals surface area contributed by atoms with Crippen LogP contribution in [-0.4, -0.2) is 47.9 Å². The number of hydrogen-bond acceptors (Lipinski definition) is 3. The summed E-state index contributed by atoms with van der Waals surface area (Å²) in [5.41, 5.74) is 1.42. The standard InChI is InChI=1S/C16H22N2O4/c1-3-9-18(11-15(20)21)14(19)8-7-12-5-4-6-13(10-12)16(22)17-2/h4-6,10H,3,7-9,11H2,1-2H3,(H,17,22)(H,20,21). The maximum Gasteiger partial charge on any atom is 0.323 e. The summed E-state index contributed by atoms with van der Waals surface area (Å²) >= 11 is 0. The Kier molecular flexibility index (Phi) is 7.08. The highest BCUT2D eigenvalue weighted by molar-refractivity contribution is 5.94. The lowest BCUT2D eigenvalue weighted by atomic mass is 10.1. The smallest absolute Gasteiger partial charge is 0.323 e. The van der Waals surface area contributed by atoms with E-state index in [1.807, 2.05) is 13.0 Å². The molecule has 0 aliphatic rings. The van der Waals surface area contributed by atoms with Gasteiger partial charge in [0.2, 0.25) is 5.91 Å². The van der Waals surface area contributed by atoms with E-state index in [-0.39, 0.29) is 24.8 Å². The number of benzene rings is 1. The molecule has 0 fully saturated rings. The average molecular weight is 306 g/mol. The Morgan fingerprint density at radius 2 is 2.00 bits per heavy atom. The lowest BCUT2D eigenvalue weighted by molar-refractivity contribution is -0.144. The van der Waals surface area contributed by atoms with E-state index in [1.165, 1.54) is 4.90 Å². The Morgan fingerprint density at radius 1 is 1.27 bits per heavy atom. The fourth-order valence-corrected chi connectivity index (χ4v) is 2.15. The molecule has 0 saturated heterocycles. The van der Waals surface area contributed by atoms with E-state index in [9.17, 15) is 14.4 Å². The van der Waals surface area contributed by atoms with Gasteiger partial charge >= 0.3 is 5.97 Å². The van der Waals surface area contributed by atoms with Gasteiger partial charge in [0, 0.05) is 25.6 Å². The van der Waals surface area contributed by atoms with E-state index in [4.69, 9.17) is 5.11 Å². The van der Waals surface area contributed by atoms with Crippen molar-refractivity contribution in [1.29, 1.82) is 0 Å². The highest BCUT2D eigenvalue weighted by Gasteiger charge is 2.15. The lowest BCUT2D eigenvalue weighted by Gasteiger charge is -2.19. The predicted octanol–water partition coefficient (Wildman–Crippen LogP) is 1.30. The van der Waals surface area contributed by atoms with Crippen LogP contribution in [0.2, 0.25) is 0 Å². The highest BCUT2D eigenvalue weighted by atomic mass is 16.4. The second kappa shape index (κ2) is 8.81. The van der Waals surface area contributed by atoms with Gasteiger partial charge in [0.05, 0.1) is 0 Å². The number of nitrogens with one attached hydrogen (secondary N) is 1. The molecule has 6 nitrogen and oxygen atoms in total. The molecule has 0 atom stereocenters. The number of aryl methyl sites for hydroxylation is 1. The number of aliphatic carboxylic acids is 1. The zero-order chi connectivity index (χ0) is 16.5. The van der Waals surface area contributed by atoms with Crippen molar-refractivity contribution in [2.45, 2.75) is 26.2 Å². The second-order valence-electron chi connectivity index (χ2n) is 4.99.